The van der Waals surface area contributed by atoms with Crippen LogP contribution in [-0.4, -0.2) is 35.1 Å². The minimum Gasteiger partial charge on any atom is -0.493 e. The number of methoxy groups -OCH3 is 1. The zero-order chi connectivity index (χ0) is 19.7. The number of fused-ring (bicyclic) bond motifs is 1. The Bertz CT molecular complexity index is 961. The highest BCUT2D eigenvalue weighted by molar-refractivity contribution is 7.98. The molecular formula is C22H27ClN2O2S. The lowest BCUT2D eigenvalue weighted by Crippen LogP contribution is -2.30. The Balaban J connectivity index is 1.79. The molecule has 1 aliphatic rings. The van der Waals surface area contributed by atoms with Crippen molar-refractivity contribution in [1.29, 1.82) is 0 Å². The minimum atomic E-state index is 0.229. The van der Waals surface area contributed by atoms with E-state index < -0.39 is 0 Å². The quantitative estimate of drug-likeness (QED) is 0.435. The van der Waals surface area contributed by atoms with Crippen molar-refractivity contribution in [1.82, 2.24) is 9.36 Å². The van der Waals surface area contributed by atoms with Gasteiger partial charge in [0.15, 0.2) is 11.5 Å². The van der Waals surface area contributed by atoms with Gasteiger partial charge in [0.2, 0.25) is 0 Å². The molecule has 2 aromatic carbocycles. The SMILES string of the molecule is CCOc1cc(C(CSC)n2c3ccc(Cl)cc3n2CC2CC2)ccc1OC. The number of hydrogen-bond donors (Lipinski definition) is 0. The van der Waals surface area contributed by atoms with Crippen molar-refractivity contribution in [3.63, 3.8) is 0 Å². The number of ether oxygens (including phenoxy) is 2. The molecule has 1 aliphatic carbocycles. The number of thioether (sulfide) groups is 1. The molecule has 1 unspecified atom stereocenters. The first kappa shape index (κ1) is 19.6. The Kier molecular flexibility index (Phi) is 5.83. The summed E-state index contributed by atoms with van der Waals surface area (Å²) in [6.07, 6.45) is 4.81. The van der Waals surface area contributed by atoms with Gasteiger partial charge in [-0.3, -0.25) is 9.36 Å². The molecule has 1 atom stereocenters. The average molecular weight is 419 g/mol. The topological polar surface area (TPSA) is 28.3 Å². The lowest BCUT2D eigenvalue weighted by molar-refractivity contribution is 0.309. The summed E-state index contributed by atoms with van der Waals surface area (Å²) in [6, 6.07) is 12.7. The molecule has 0 saturated heterocycles. The Morgan fingerprint density at radius 3 is 2.64 bits per heavy atom. The van der Waals surface area contributed by atoms with E-state index in [0.717, 1.165) is 34.7 Å². The van der Waals surface area contributed by atoms with Gasteiger partial charge in [0.05, 0.1) is 30.8 Å². The van der Waals surface area contributed by atoms with E-state index in [1.54, 1.807) is 7.11 Å². The second kappa shape index (κ2) is 8.34. The molecule has 0 spiro atoms. The summed E-state index contributed by atoms with van der Waals surface area (Å²) < 4.78 is 16.2. The number of benzene rings is 2. The smallest absolute Gasteiger partial charge is 0.161 e. The molecule has 4 rings (SSSR count). The van der Waals surface area contributed by atoms with E-state index in [2.05, 4.69) is 39.9 Å². The van der Waals surface area contributed by atoms with Gasteiger partial charge in [-0.05, 0) is 67.8 Å². The highest BCUT2D eigenvalue weighted by atomic mass is 35.5. The van der Waals surface area contributed by atoms with Gasteiger partial charge in [-0.15, -0.1) is 0 Å². The molecular weight excluding hydrogens is 392 g/mol. The molecule has 28 heavy (non-hydrogen) atoms. The number of nitrogens with zero attached hydrogens (tertiary/aromatic N) is 2. The maximum absolute atomic E-state index is 6.28. The standard InChI is InChI=1S/C22H27ClN2O2S/c1-4-27-22-11-16(7-10-21(22)26-2)20(14-28-3)25-18-9-8-17(23)12-19(18)24(25)13-15-5-6-15/h7-12,15,20H,4-6,13-14H2,1-3H3. The summed E-state index contributed by atoms with van der Waals surface area (Å²) in [5, 5.41) is 0.795. The summed E-state index contributed by atoms with van der Waals surface area (Å²) in [5.74, 6) is 3.36. The summed E-state index contributed by atoms with van der Waals surface area (Å²) in [6.45, 7) is 3.68. The van der Waals surface area contributed by atoms with E-state index in [9.17, 15) is 0 Å². The third kappa shape index (κ3) is 3.74. The van der Waals surface area contributed by atoms with Crippen LogP contribution >= 0.6 is 23.4 Å². The molecule has 6 heteroatoms. The zero-order valence-corrected chi connectivity index (χ0v) is 18.2. The summed E-state index contributed by atoms with van der Waals surface area (Å²) >= 11 is 8.14. The van der Waals surface area contributed by atoms with E-state index in [4.69, 9.17) is 21.1 Å². The van der Waals surface area contributed by atoms with E-state index >= 15 is 0 Å². The van der Waals surface area contributed by atoms with Crippen molar-refractivity contribution < 1.29 is 9.47 Å². The number of rotatable bonds is 9. The summed E-state index contributed by atoms with van der Waals surface area (Å²) in [4.78, 5) is 0. The van der Waals surface area contributed by atoms with Gasteiger partial charge in [0, 0.05) is 17.3 Å². The van der Waals surface area contributed by atoms with Crippen molar-refractivity contribution in [2.45, 2.75) is 32.4 Å². The van der Waals surface area contributed by atoms with Crippen LogP contribution in [0, 0.1) is 5.92 Å². The third-order valence-corrected chi connectivity index (χ3v) is 6.23. The van der Waals surface area contributed by atoms with Crippen molar-refractivity contribution >= 4 is 34.4 Å². The Labute approximate surface area is 175 Å². The van der Waals surface area contributed by atoms with Crippen LogP contribution < -0.4 is 9.47 Å². The number of hydrogen-bond acceptors (Lipinski definition) is 3. The van der Waals surface area contributed by atoms with Crippen LogP contribution in [-0.2, 0) is 6.54 Å². The summed E-state index contributed by atoms with van der Waals surface area (Å²) in [7, 11) is 1.68. The van der Waals surface area contributed by atoms with Crippen molar-refractivity contribution in [2.24, 2.45) is 5.92 Å². The normalized spacial score (nSPS) is 15.1. The van der Waals surface area contributed by atoms with Crippen molar-refractivity contribution in [3.05, 3.63) is 47.0 Å². The van der Waals surface area contributed by atoms with Crippen molar-refractivity contribution in [2.75, 3.05) is 25.7 Å². The van der Waals surface area contributed by atoms with Gasteiger partial charge >= 0.3 is 0 Å². The fourth-order valence-corrected chi connectivity index (χ4v) is 4.62. The molecule has 4 nitrogen and oxygen atoms in total. The van der Waals surface area contributed by atoms with E-state index in [1.165, 1.54) is 29.4 Å². The molecule has 1 heterocycles. The van der Waals surface area contributed by atoms with Gasteiger partial charge in [0.25, 0.3) is 0 Å². The second-order valence-corrected chi connectivity index (χ2v) is 8.66. The largest absolute Gasteiger partial charge is 0.493 e. The first-order chi connectivity index (χ1) is 13.7. The maximum atomic E-state index is 6.28. The van der Waals surface area contributed by atoms with E-state index in [1.807, 2.05) is 30.8 Å². The molecule has 0 aliphatic heterocycles. The van der Waals surface area contributed by atoms with Gasteiger partial charge in [0.1, 0.15) is 0 Å². The van der Waals surface area contributed by atoms with Crippen LogP contribution in [0.15, 0.2) is 36.4 Å². The molecule has 1 aromatic heterocycles. The molecule has 150 valence electrons. The molecule has 3 aromatic rings. The van der Waals surface area contributed by atoms with E-state index in [-0.39, 0.29) is 6.04 Å². The van der Waals surface area contributed by atoms with Crippen LogP contribution in [0.5, 0.6) is 11.5 Å². The predicted octanol–water partition coefficient (Wildman–Crippen LogP) is 5.87. The van der Waals surface area contributed by atoms with Crippen LogP contribution in [0.3, 0.4) is 0 Å². The number of aromatic nitrogens is 2. The number of halogens is 1. The lowest BCUT2D eigenvalue weighted by atomic mass is 10.1. The monoisotopic (exact) mass is 418 g/mol. The Morgan fingerprint density at radius 1 is 1.14 bits per heavy atom. The molecule has 0 bridgehead atoms. The minimum absolute atomic E-state index is 0.229. The van der Waals surface area contributed by atoms with Gasteiger partial charge in [-0.25, -0.2) is 0 Å². The van der Waals surface area contributed by atoms with Crippen LogP contribution in [0.1, 0.15) is 31.4 Å². The fraction of sp³-hybridized carbons (Fsp3) is 0.455. The third-order valence-electron chi connectivity index (χ3n) is 5.34. The Morgan fingerprint density at radius 2 is 1.96 bits per heavy atom. The van der Waals surface area contributed by atoms with Crippen LogP contribution in [0.25, 0.3) is 11.0 Å². The first-order valence-corrected chi connectivity index (χ1v) is 11.6. The van der Waals surface area contributed by atoms with E-state index in [0.29, 0.717) is 6.61 Å². The van der Waals surface area contributed by atoms with Crippen LogP contribution in [0.4, 0.5) is 0 Å². The molecule has 1 fully saturated rings. The molecule has 0 amide bonds. The fourth-order valence-electron chi connectivity index (χ4n) is 3.80. The molecule has 0 N–H and O–H groups in total. The first-order valence-electron chi connectivity index (χ1n) is 9.82. The van der Waals surface area contributed by atoms with Gasteiger partial charge in [-0.1, -0.05) is 17.7 Å². The van der Waals surface area contributed by atoms with Gasteiger partial charge < -0.3 is 9.47 Å². The van der Waals surface area contributed by atoms with Crippen LogP contribution in [0.2, 0.25) is 5.02 Å². The highest BCUT2D eigenvalue weighted by Crippen LogP contribution is 2.38. The average Bonchev–Trinajstić information content (AvgIpc) is 3.51. The Hall–Kier alpha value is -1.72. The summed E-state index contributed by atoms with van der Waals surface area (Å²) in [5.41, 5.74) is 3.72. The molecule has 1 saturated carbocycles. The highest BCUT2D eigenvalue weighted by Gasteiger charge is 2.29. The van der Waals surface area contributed by atoms with Gasteiger partial charge in [-0.2, -0.15) is 11.8 Å². The molecule has 0 radical (unpaired) electrons. The van der Waals surface area contributed by atoms with Crippen molar-refractivity contribution in [3.8, 4) is 11.5 Å². The second-order valence-electron chi connectivity index (χ2n) is 7.32. The maximum Gasteiger partial charge on any atom is 0.161 e. The lowest BCUT2D eigenvalue weighted by Gasteiger charge is -2.33. The predicted molar refractivity (Wildman–Crippen MR) is 118 cm³/mol. The zero-order valence-electron chi connectivity index (χ0n) is 16.7.